The Morgan fingerprint density at radius 2 is 2.18 bits per heavy atom. The smallest absolute Gasteiger partial charge is 0.137 e. The molecule has 1 unspecified atom stereocenters. The van der Waals surface area contributed by atoms with Crippen LogP contribution in [0.4, 0.5) is 5.82 Å². The van der Waals surface area contributed by atoms with Crippen molar-refractivity contribution in [2.24, 2.45) is 0 Å². The summed E-state index contributed by atoms with van der Waals surface area (Å²) in [5.41, 5.74) is 0.765. The highest BCUT2D eigenvalue weighted by Crippen LogP contribution is 2.28. The third-order valence-corrected chi connectivity index (χ3v) is 3.25. The van der Waals surface area contributed by atoms with Gasteiger partial charge in [-0.15, -0.1) is 0 Å². The van der Waals surface area contributed by atoms with E-state index in [0.717, 1.165) is 24.5 Å². The lowest BCUT2D eigenvalue weighted by Crippen LogP contribution is -2.52. The summed E-state index contributed by atoms with van der Waals surface area (Å²) in [7, 11) is 0. The van der Waals surface area contributed by atoms with E-state index in [-0.39, 0.29) is 11.7 Å². The molecule has 5 heteroatoms. The SMILES string of the molecule is Cc1c(Cl)ncnc1N1CC(C)OC(C)(C)C1. The van der Waals surface area contributed by atoms with E-state index in [9.17, 15) is 0 Å². The van der Waals surface area contributed by atoms with Crippen molar-refractivity contribution in [3.05, 3.63) is 17.0 Å². The van der Waals surface area contributed by atoms with E-state index < -0.39 is 0 Å². The van der Waals surface area contributed by atoms with E-state index in [4.69, 9.17) is 16.3 Å². The third kappa shape index (κ3) is 2.69. The van der Waals surface area contributed by atoms with Gasteiger partial charge in [0, 0.05) is 18.7 Å². The van der Waals surface area contributed by atoms with E-state index in [1.54, 1.807) is 0 Å². The lowest BCUT2D eigenvalue weighted by molar-refractivity contribution is -0.0752. The molecule has 1 aromatic rings. The number of anilines is 1. The van der Waals surface area contributed by atoms with Crippen LogP contribution in [0.5, 0.6) is 0 Å². The lowest BCUT2D eigenvalue weighted by atomic mass is 10.1. The molecule has 0 aromatic carbocycles. The van der Waals surface area contributed by atoms with Crippen LogP contribution < -0.4 is 4.90 Å². The van der Waals surface area contributed by atoms with E-state index in [0.29, 0.717) is 5.15 Å². The number of nitrogens with zero attached hydrogens (tertiary/aromatic N) is 3. The summed E-state index contributed by atoms with van der Waals surface area (Å²) >= 11 is 6.03. The fraction of sp³-hybridized carbons (Fsp3) is 0.667. The van der Waals surface area contributed by atoms with E-state index in [1.165, 1.54) is 6.33 Å². The Balaban J connectivity index is 2.30. The van der Waals surface area contributed by atoms with Crippen LogP contribution in [0.1, 0.15) is 26.3 Å². The van der Waals surface area contributed by atoms with Crippen LogP contribution in [0.15, 0.2) is 6.33 Å². The minimum Gasteiger partial charge on any atom is -0.369 e. The average molecular weight is 256 g/mol. The van der Waals surface area contributed by atoms with Gasteiger partial charge in [-0.05, 0) is 27.7 Å². The summed E-state index contributed by atoms with van der Waals surface area (Å²) in [5, 5.41) is 0.520. The maximum atomic E-state index is 6.03. The monoisotopic (exact) mass is 255 g/mol. The second-order valence-corrected chi connectivity index (χ2v) is 5.54. The number of aromatic nitrogens is 2. The van der Waals surface area contributed by atoms with Crippen LogP contribution >= 0.6 is 11.6 Å². The van der Waals surface area contributed by atoms with Crippen LogP contribution in [0, 0.1) is 6.92 Å². The summed E-state index contributed by atoms with van der Waals surface area (Å²) in [6, 6.07) is 0. The molecule has 0 saturated carbocycles. The first-order valence-electron chi connectivity index (χ1n) is 5.79. The molecule has 1 aliphatic rings. The number of hydrogen-bond acceptors (Lipinski definition) is 4. The lowest BCUT2D eigenvalue weighted by Gasteiger charge is -2.42. The minimum atomic E-state index is -0.165. The zero-order valence-electron chi connectivity index (χ0n) is 10.7. The second-order valence-electron chi connectivity index (χ2n) is 5.18. The molecule has 94 valence electrons. The van der Waals surface area contributed by atoms with E-state index in [2.05, 4.69) is 35.6 Å². The summed E-state index contributed by atoms with van der Waals surface area (Å²) in [5.74, 6) is 0.910. The van der Waals surface area contributed by atoms with Crippen molar-refractivity contribution >= 4 is 17.4 Å². The molecular weight excluding hydrogens is 238 g/mol. The molecule has 0 N–H and O–H groups in total. The maximum absolute atomic E-state index is 6.03. The third-order valence-electron chi connectivity index (χ3n) is 2.86. The molecule has 0 amide bonds. The van der Waals surface area contributed by atoms with Crippen LogP contribution in [0.2, 0.25) is 5.15 Å². The standard InChI is InChI=1S/C12H18ClN3O/c1-8-5-16(6-12(3,4)17-8)11-9(2)10(13)14-7-15-11/h7-8H,5-6H2,1-4H3. The summed E-state index contributed by atoms with van der Waals surface area (Å²) in [6.07, 6.45) is 1.70. The molecule has 4 nitrogen and oxygen atoms in total. The first-order chi connectivity index (χ1) is 7.89. The normalized spacial score (nSPS) is 23.8. The maximum Gasteiger partial charge on any atom is 0.137 e. The Bertz CT molecular complexity index is 422. The Labute approximate surface area is 107 Å². The number of hydrogen-bond donors (Lipinski definition) is 0. The van der Waals surface area contributed by atoms with Crippen molar-refractivity contribution in [2.75, 3.05) is 18.0 Å². The topological polar surface area (TPSA) is 38.2 Å². The largest absolute Gasteiger partial charge is 0.369 e. The highest BCUT2D eigenvalue weighted by molar-refractivity contribution is 6.30. The van der Waals surface area contributed by atoms with Gasteiger partial charge in [-0.25, -0.2) is 9.97 Å². The molecule has 17 heavy (non-hydrogen) atoms. The number of morpholine rings is 1. The quantitative estimate of drug-likeness (QED) is 0.723. The second kappa shape index (κ2) is 4.42. The molecule has 0 spiro atoms. The van der Waals surface area contributed by atoms with Crippen molar-refractivity contribution in [1.82, 2.24) is 9.97 Å². The highest BCUT2D eigenvalue weighted by Gasteiger charge is 2.32. The highest BCUT2D eigenvalue weighted by atomic mass is 35.5. The van der Waals surface area contributed by atoms with Gasteiger partial charge in [0.2, 0.25) is 0 Å². The fourth-order valence-corrected chi connectivity index (χ4v) is 2.48. The number of rotatable bonds is 1. The fourth-order valence-electron chi connectivity index (χ4n) is 2.35. The van der Waals surface area contributed by atoms with Crippen molar-refractivity contribution in [1.29, 1.82) is 0 Å². The predicted octanol–water partition coefficient (Wildman–Crippen LogP) is 2.44. The molecule has 1 fully saturated rings. The predicted molar refractivity (Wildman–Crippen MR) is 68.6 cm³/mol. The molecule has 0 bridgehead atoms. The number of ether oxygens (including phenoxy) is 1. The van der Waals surface area contributed by atoms with Crippen LogP contribution in [0.3, 0.4) is 0 Å². The summed E-state index contributed by atoms with van der Waals surface area (Å²) in [6.45, 7) is 9.85. The molecule has 1 atom stereocenters. The molecular formula is C12H18ClN3O. The average Bonchev–Trinajstić information content (AvgIpc) is 2.19. The van der Waals surface area contributed by atoms with Crippen molar-refractivity contribution in [2.45, 2.75) is 39.4 Å². The number of halogens is 1. The summed E-state index contributed by atoms with van der Waals surface area (Å²) in [4.78, 5) is 10.5. The van der Waals surface area contributed by atoms with Crippen LogP contribution in [-0.4, -0.2) is 34.8 Å². The van der Waals surface area contributed by atoms with E-state index in [1.807, 2.05) is 6.92 Å². The Morgan fingerprint density at radius 1 is 1.47 bits per heavy atom. The minimum absolute atomic E-state index is 0.165. The molecule has 2 rings (SSSR count). The van der Waals surface area contributed by atoms with Crippen molar-refractivity contribution in [3.63, 3.8) is 0 Å². The van der Waals surface area contributed by atoms with Crippen molar-refractivity contribution < 1.29 is 4.74 Å². The Hall–Kier alpha value is -0.870. The van der Waals surface area contributed by atoms with Gasteiger partial charge in [-0.1, -0.05) is 11.6 Å². The van der Waals surface area contributed by atoms with Crippen molar-refractivity contribution in [3.8, 4) is 0 Å². The Morgan fingerprint density at radius 3 is 2.82 bits per heavy atom. The van der Waals surface area contributed by atoms with Gasteiger partial charge in [0.05, 0.1) is 11.7 Å². The van der Waals surface area contributed by atoms with E-state index >= 15 is 0 Å². The van der Waals surface area contributed by atoms with Gasteiger partial charge in [-0.3, -0.25) is 0 Å². The molecule has 1 aliphatic heterocycles. The van der Waals surface area contributed by atoms with Crippen LogP contribution in [0.25, 0.3) is 0 Å². The molecule has 0 radical (unpaired) electrons. The van der Waals surface area contributed by atoms with Gasteiger partial charge in [-0.2, -0.15) is 0 Å². The van der Waals surface area contributed by atoms with Crippen LogP contribution in [-0.2, 0) is 4.74 Å². The first-order valence-corrected chi connectivity index (χ1v) is 6.17. The summed E-state index contributed by atoms with van der Waals surface area (Å²) < 4.78 is 5.88. The molecule has 1 saturated heterocycles. The van der Waals surface area contributed by atoms with Gasteiger partial charge < -0.3 is 9.64 Å². The van der Waals surface area contributed by atoms with Gasteiger partial charge in [0.15, 0.2) is 0 Å². The first kappa shape index (κ1) is 12.6. The van der Waals surface area contributed by atoms with Gasteiger partial charge >= 0.3 is 0 Å². The molecule has 1 aromatic heterocycles. The zero-order chi connectivity index (χ0) is 12.6. The van der Waals surface area contributed by atoms with Gasteiger partial charge in [0.25, 0.3) is 0 Å². The molecule has 0 aliphatic carbocycles. The molecule has 2 heterocycles. The zero-order valence-corrected chi connectivity index (χ0v) is 11.5. The Kier molecular flexibility index (Phi) is 3.27. The van der Waals surface area contributed by atoms with Gasteiger partial charge in [0.1, 0.15) is 17.3 Å².